The van der Waals surface area contributed by atoms with E-state index in [4.69, 9.17) is 5.11 Å². The van der Waals surface area contributed by atoms with Crippen molar-refractivity contribution in [2.75, 3.05) is 12.4 Å². The van der Waals surface area contributed by atoms with Gasteiger partial charge in [0.15, 0.2) is 17.2 Å². The van der Waals surface area contributed by atoms with E-state index < -0.39 is 64.3 Å². The van der Waals surface area contributed by atoms with Gasteiger partial charge in [-0.2, -0.15) is 0 Å². The van der Waals surface area contributed by atoms with Gasteiger partial charge in [-0.3, -0.25) is 14.4 Å². The second-order valence-electron chi connectivity index (χ2n) is 10.5. The van der Waals surface area contributed by atoms with Crippen LogP contribution in [0.4, 0.5) is 4.39 Å². The van der Waals surface area contributed by atoms with E-state index in [-0.39, 0.29) is 22.9 Å². The average Bonchev–Trinajstić information content (AvgIpc) is 2.95. The molecule has 3 saturated carbocycles. The van der Waals surface area contributed by atoms with Gasteiger partial charge in [0.1, 0.15) is 12.2 Å². The Kier molecular flexibility index (Phi) is 5.76. The van der Waals surface area contributed by atoms with Crippen LogP contribution in [-0.4, -0.2) is 67.7 Å². The molecule has 7 nitrogen and oxygen atoms in total. The number of hydrogen-bond donors (Lipinski definition) is 4. The first-order valence-corrected chi connectivity index (χ1v) is 12.3. The Bertz CT molecular complexity index is 978. The summed E-state index contributed by atoms with van der Waals surface area (Å²) in [7, 11) is 0. The van der Waals surface area contributed by atoms with E-state index in [1.165, 1.54) is 12.2 Å². The summed E-state index contributed by atoms with van der Waals surface area (Å²) in [5.74, 6) is -4.10. The summed E-state index contributed by atoms with van der Waals surface area (Å²) in [6.45, 7) is 4.25. The number of allylic oxidation sites excluding steroid dienone is 4. The number of halogens is 1. The summed E-state index contributed by atoms with van der Waals surface area (Å²) in [6, 6.07) is 0. The number of ketones is 2. The molecule has 0 radical (unpaired) electrons. The summed E-state index contributed by atoms with van der Waals surface area (Å²) in [6.07, 6.45) is 2.09. The third-order valence-corrected chi connectivity index (χ3v) is 10.4. The Morgan fingerprint density at radius 2 is 1.94 bits per heavy atom. The number of hydrogen-bond acceptors (Lipinski definition) is 7. The number of aliphatic carboxylic acids is 1. The molecule has 3 fully saturated rings. The van der Waals surface area contributed by atoms with Gasteiger partial charge < -0.3 is 20.4 Å². The highest BCUT2D eigenvalue weighted by atomic mass is 32.2. The quantitative estimate of drug-likeness (QED) is 0.468. The molecule has 0 heterocycles. The summed E-state index contributed by atoms with van der Waals surface area (Å²) in [5, 5.41) is 41.4. The van der Waals surface area contributed by atoms with Crippen LogP contribution in [0, 0.1) is 28.6 Å². The average molecular weight is 483 g/mol. The van der Waals surface area contributed by atoms with Crippen LogP contribution in [0.1, 0.15) is 46.5 Å². The molecule has 0 bridgehead atoms. The molecular formula is C24H31FO7S. The number of alkyl halides is 1. The van der Waals surface area contributed by atoms with Crippen molar-refractivity contribution >= 4 is 29.3 Å². The molecule has 0 aromatic heterocycles. The Balaban J connectivity index is 1.81. The fraction of sp³-hybridized carbons (Fsp3) is 0.708. The van der Waals surface area contributed by atoms with Crippen LogP contribution in [0.2, 0.25) is 0 Å². The van der Waals surface area contributed by atoms with Crippen molar-refractivity contribution in [1.82, 2.24) is 0 Å². The molecule has 0 saturated heterocycles. The van der Waals surface area contributed by atoms with E-state index in [2.05, 4.69) is 0 Å². The molecule has 0 aromatic carbocycles. The maximum atomic E-state index is 17.3. The van der Waals surface area contributed by atoms with Crippen molar-refractivity contribution in [2.45, 2.75) is 63.8 Å². The highest BCUT2D eigenvalue weighted by molar-refractivity contribution is 8.04. The van der Waals surface area contributed by atoms with Crippen LogP contribution in [0.3, 0.4) is 0 Å². The fourth-order valence-corrected chi connectivity index (χ4v) is 8.61. The predicted octanol–water partition coefficient (Wildman–Crippen LogP) is 2.04. The number of thioether (sulfide) groups is 1. The molecule has 4 aliphatic carbocycles. The zero-order chi connectivity index (χ0) is 24.6. The van der Waals surface area contributed by atoms with Gasteiger partial charge in [0.25, 0.3) is 0 Å². The predicted molar refractivity (Wildman–Crippen MR) is 119 cm³/mol. The lowest BCUT2D eigenvalue weighted by molar-refractivity contribution is -0.219. The van der Waals surface area contributed by atoms with E-state index in [1.807, 2.05) is 0 Å². The Hall–Kier alpha value is -1.55. The van der Waals surface area contributed by atoms with E-state index in [9.17, 15) is 29.7 Å². The number of carboxylic acids is 1. The number of carboxylic acid groups (broad SMARTS) is 1. The normalized spacial score (nSPS) is 46.6. The molecule has 0 unspecified atom stereocenters. The molecule has 4 aliphatic rings. The number of carbonyl (C=O) groups excluding carboxylic acids is 2. The largest absolute Gasteiger partial charge is 0.481 e. The van der Waals surface area contributed by atoms with Crippen LogP contribution in [0.25, 0.3) is 0 Å². The van der Waals surface area contributed by atoms with Gasteiger partial charge >= 0.3 is 5.97 Å². The van der Waals surface area contributed by atoms with Crippen LogP contribution in [0.15, 0.2) is 22.6 Å². The first kappa shape index (κ1) is 24.6. The minimum absolute atomic E-state index is 0.167. The Morgan fingerprint density at radius 3 is 2.55 bits per heavy atom. The van der Waals surface area contributed by atoms with Gasteiger partial charge in [-0.25, -0.2) is 4.39 Å². The zero-order valence-corrected chi connectivity index (χ0v) is 19.8. The first-order valence-electron chi connectivity index (χ1n) is 11.3. The van der Waals surface area contributed by atoms with E-state index in [0.29, 0.717) is 24.8 Å². The van der Waals surface area contributed by atoms with Crippen molar-refractivity contribution in [3.8, 4) is 0 Å². The third-order valence-electron chi connectivity index (χ3n) is 9.24. The molecule has 33 heavy (non-hydrogen) atoms. The standard InChI is InChI=1S/C24H31FO7S/c1-12-8-15-13-4-5-14-20(33-11-19(30)31)16(27)6-7-21(14,2)23(13,25)17(28)9-22(15,3)24(12,32)18(29)10-26/h6-7,12-13,15,17,26,28,32H,4-5,8-11H2,1-3H3,(H,30,31)/t12-,13+,15+,17+,21+,22+,23+,24+/m1/s1. The number of carbonyl (C=O) groups is 3. The topological polar surface area (TPSA) is 132 Å². The Morgan fingerprint density at radius 1 is 1.27 bits per heavy atom. The van der Waals surface area contributed by atoms with Crippen LogP contribution in [-0.2, 0) is 14.4 Å². The summed E-state index contributed by atoms with van der Waals surface area (Å²) >= 11 is 0.881. The van der Waals surface area contributed by atoms with Crippen LogP contribution < -0.4 is 0 Å². The second-order valence-corrected chi connectivity index (χ2v) is 11.5. The van der Waals surface area contributed by atoms with Gasteiger partial charge in [0.2, 0.25) is 0 Å². The molecule has 8 atom stereocenters. The second kappa shape index (κ2) is 7.73. The maximum Gasteiger partial charge on any atom is 0.313 e. The minimum atomic E-state index is -2.16. The van der Waals surface area contributed by atoms with Gasteiger partial charge in [0, 0.05) is 16.7 Å². The fourth-order valence-electron chi connectivity index (χ4n) is 7.65. The summed E-state index contributed by atoms with van der Waals surface area (Å²) < 4.78 is 17.3. The molecule has 9 heteroatoms. The highest BCUT2D eigenvalue weighted by Gasteiger charge is 2.75. The van der Waals surface area contributed by atoms with Gasteiger partial charge in [-0.05, 0) is 56.1 Å². The number of fused-ring (bicyclic) bond motifs is 5. The summed E-state index contributed by atoms with van der Waals surface area (Å²) in [4.78, 5) is 36.6. The minimum Gasteiger partial charge on any atom is -0.481 e. The smallest absolute Gasteiger partial charge is 0.313 e. The molecule has 182 valence electrons. The van der Waals surface area contributed by atoms with Crippen molar-refractivity contribution in [3.05, 3.63) is 22.6 Å². The maximum absolute atomic E-state index is 17.3. The number of aliphatic hydroxyl groups excluding tert-OH is 2. The van der Waals surface area contributed by atoms with Crippen molar-refractivity contribution in [1.29, 1.82) is 0 Å². The van der Waals surface area contributed by atoms with E-state index >= 15 is 4.39 Å². The molecular weight excluding hydrogens is 451 g/mol. The highest BCUT2D eigenvalue weighted by Crippen LogP contribution is 2.71. The lowest BCUT2D eigenvalue weighted by Crippen LogP contribution is -2.69. The van der Waals surface area contributed by atoms with Crippen molar-refractivity contribution in [2.24, 2.45) is 28.6 Å². The van der Waals surface area contributed by atoms with Crippen molar-refractivity contribution < 1.29 is 39.2 Å². The van der Waals surface area contributed by atoms with Crippen LogP contribution in [0.5, 0.6) is 0 Å². The Labute approximate surface area is 196 Å². The summed E-state index contributed by atoms with van der Waals surface area (Å²) in [5.41, 5.74) is -5.96. The molecule has 4 rings (SSSR count). The van der Waals surface area contributed by atoms with Gasteiger partial charge in [-0.15, -0.1) is 11.8 Å². The van der Waals surface area contributed by atoms with E-state index in [0.717, 1.165) is 11.8 Å². The third kappa shape index (κ3) is 2.95. The lowest BCUT2D eigenvalue weighted by atomic mass is 9.44. The lowest BCUT2D eigenvalue weighted by Gasteiger charge is -2.62. The molecule has 0 amide bonds. The zero-order valence-electron chi connectivity index (χ0n) is 19.0. The van der Waals surface area contributed by atoms with Gasteiger partial charge in [-0.1, -0.05) is 19.9 Å². The number of aliphatic hydroxyl groups is 3. The van der Waals surface area contributed by atoms with Crippen molar-refractivity contribution in [3.63, 3.8) is 0 Å². The van der Waals surface area contributed by atoms with Crippen LogP contribution >= 0.6 is 11.8 Å². The number of Topliss-reactive ketones (excluding diaryl/α,β-unsaturated/α-hetero) is 1. The molecule has 0 aromatic rings. The molecule has 0 aliphatic heterocycles. The monoisotopic (exact) mass is 482 g/mol. The van der Waals surface area contributed by atoms with E-state index in [1.54, 1.807) is 20.8 Å². The molecule has 4 N–H and O–H groups in total. The first-order chi connectivity index (χ1) is 15.3. The number of rotatable bonds is 5. The molecule has 0 spiro atoms. The van der Waals surface area contributed by atoms with Gasteiger partial charge in [0.05, 0.1) is 16.8 Å². The SMILES string of the molecule is C[C@@H]1C[C@H]2[C@@H]3CCC4=C(SCC(=O)O)C(=O)C=C[C@]4(C)[C@@]3(F)[C@@H](O)C[C@]2(C)[C@@]1(O)C(=O)CO.